The molecule has 0 spiro atoms. The first-order chi connectivity index (χ1) is 4.76. The Kier molecular flexibility index (Phi) is 3.23. The zero-order chi connectivity index (χ0) is 9.23. The van der Waals surface area contributed by atoms with E-state index >= 15 is 0 Å². The third-order valence-corrected chi connectivity index (χ3v) is 3.13. The standard InChI is InChI=1S/C7H14O3S/c1-5(2)7(8)6(3)11(4,9)10/h5-6H,1-4H3. The van der Waals surface area contributed by atoms with E-state index in [1.54, 1.807) is 13.8 Å². The third-order valence-electron chi connectivity index (χ3n) is 1.61. The number of hydrogen-bond acceptors (Lipinski definition) is 3. The van der Waals surface area contributed by atoms with Crippen LogP contribution in [-0.2, 0) is 14.6 Å². The number of rotatable bonds is 3. The van der Waals surface area contributed by atoms with Crippen LogP contribution >= 0.6 is 0 Å². The lowest BCUT2D eigenvalue weighted by atomic mass is 10.1. The van der Waals surface area contributed by atoms with E-state index in [0.717, 1.165) is 6.26 Å². The van der Waals surface area contributed by atoms with Crippen molar-refractivity contribution in [3.8, 4) is 0 Å². The lowest BCUT2D eigenvalue weighted by molar-refractivity contribution is -0.121. The van der Waals surface area contributed by atoms with Crippen molar-refractivity contribution in [2.75, 3.05) is 6.26 Å². The van der Waals surface area contributed by atoms with Crippen molar-refractivity contribution in [3.63, 3.8) is 0 Å². The first-order valence-electron chi connectivity index (χ1n) is 3.49. The Labute approximate surface area is 67.7 Å². The van der Waals surface area contributed by atoms with Gasteiger partial charge in [-0.15, -0.1) is 0 Å². The molecule has 1 unspecified atom stereocenters. The maximum atomic E-state index is 11.1. The van der Waals surface area contributed by atoms with Gasteiger partial charge < -0.3 is 0 Å². The van der Waals surface area contributed by atoms with Crippen molar-refractivity contribution in [3.05, 3.63) is 0 Å². The highest BCUT2D eigenvalue weighted by Gasteiger charge is 2.25. The minimum absolute atomic E-state index is 0.209. The zero-order valence-corrected chi connectivity index (χ0v) is 8.10. The minimum atomic E-state index is -3.20. The Balaban J connectivity index is 4.53. The monoisotopic (exact) mass is 178 g/mol. The molecule has 0 aliphatic carbocycles. The van der Waals surface area contributed by atoms with Crippen LogP contribution in [0.5, 0.6) is 0 Å². The molecule has 0 saturated heterocycles. The third kappa shape index (κ3) is 3.01. The van der Waals surface area contributed by atoms with E-state index < -0.39 is 15.1 Å². The molecule has 0 aromatic carbocycles. The van der Waals surface area contributed by atoms with Crippen LogP contribution in [0.25, 0.3) is 0 Å². The Bertz CT molecular complexity index is 238. The maximum Gasteiger partial charge on any atom is 0.157 e. The summed E-state index contributed by atoms with van der Waals surface area (Å²) in [4.78, 5) is 11.1. The largest absolute Gasteiger partial charge is 0.298 e. The maximum absolute atomic E-state index is 11.1. The lowest BCUT2D eigenvalue weighted by Gasteiger charge is -2.09. The molecule has 0 saturated carbocycles. The van der Waals surface area contributed by atoms with E-state index in [-0.39, 0.29) is 11.7 Å². The molecular weight excluding hydrogens is 164 g/mol. The second-order valence-electron chi connectivity index (χ2n) is 3.03. The van der Waals surface area contributed by atoms with Gasteiger partial charge in [0, 0.05) is 12.2 Å². The van der Waals surface area contributed by atoms with Crippen molar-refractivity contribution in [2.24, 2.45) is 5.92 Å². The van der Waals surface area contributed by atoms with E-state index in [1.807, 2.05) is 0 Å². The highest BCUT2D eigenvalue weighted by atomic mass is 32.2. The highest BCUT2D eigenvalue weighted by Crippen LogP contribution is 2.06. The summed E-state index contributed by atoms with van der Waals surface area (Å²) in [5.74, 6) is -0.424. The SMILES string of the molecule is CC(C)C(=O)C(C)S(C)(=O)=O. The smallest absolute Gasteiger partial charge is 0.157 e. The molecule has 0 amide bonds. The quantitative estimate of drug-likeness (QED) is 0.637. The van der Waals surface area contributed by atoms with E-state index in [9.17, 15) is 13.2 Å². The van der Waals surface area contributed by atoms with E-state index in [1.165, 1.54) is 6.92 Å². The molecule has 66 valence electrons. The van der Waals surface area contributed by atoms with Crippen molar-refractivity contribution in [2.45, 2.75) is 26.0 Å². The fraction of sp³-hybridized carbons (Fsp3) is 0.857. The van der Waals surface area contributed by atoms with Gasteiger partial charge in [0.1, 0.15) is 5.25 Å². The van der Waals surface area contributed by atoms with Crippen molar-refractivity contribution in [1.29, 1.82) is 0 Å². The number of carbonyl (C=O) groups is 1. The molecule has 0 aromatic heterocycles. The van der Waals surface area contributed by atoms with Crippen LogP contribution in [-0.4, -0.2) is 25.7 Å². The fourth-order valence-electron chi connectivity index (χ4n) is 0.680. The second kappa shape index (κ2) is 3.34. The summed E-state index contributed by atoms with van der Waals surface area (Å²) in [6.45, 7) is 4.83. The van der Waals surface area contributed by atoms with Crippen LogP contribution in [0.3, 0.4) is 0 Å². The van der Waals surface area contributed by atoms with Crippen LogP contribution in [0.1, 0.15) is 20.8 Å². The average molecular weight is 178 g/mol. The van der Waals surface area contributed by atoms with Gasteiger partial charge in [0.05, 0.1) is 0 Å². The van der Waals surface area contributed by atoms with Crippen LogP contribution in [0.15, 0.2) is 0 Å². The van der Waals surface area contributed by atoms with Crippen LogP contribution in [0.2, 0.25) is 0 Å². The Morgan fingerprint density at radius 1 is 1.18 bits per heavy atom. The topological polar surface area (TPSA) is 51.2 Å². The zero-order valence-electron chi connectivity index (χ0n) is 7.29. The first-order valence-corrected chi connectivity index (χ1v) is 5.45. The van der Waals surface area contributed by atoms with Gasteiger partial charge in [0.25, 0.3) is 0 Å². The molecule has 1 atom stereocenters. The van der Waals surface area contributed by atoms with Crippen LogP contribution in [0, 0.1) is 5.92 Å². The molecule has 0 aliphatic rings. The van der Waals surface area contributed by atoms with Gasteiger partial charge in [-0.2, -0.15) is 0 Å². The molecule has 3 nitrogen and oxygen atoms in total. The first kappa shape index (κ1) is 10.6. The molecule has 0 bridgehead atoms. The lowest BCUT2D eigenvalue weighted by Crippen LogP contribution is -2.29. The number of carbonyl (C=O) groups excluding carboxylic acids is 1. The van der Waals surface area contributed by atoms with Crippen molar-refractivity contribution < 1.29 is 13.2 Å². The van der Waals surface area contributed by atoms with E-state index in [0.29, 0.717) is 0 Å². The predicted octanol–water partition coefficient (Wildman–Crippen LogP) is 0.645. The van der Waals surface area contributed by atoms with E-state index in [4.69, 9.17) is 0 Å². The van der Waals surface area contributed by atoms with Crippen molar-refractivity contribution >= 4 is 15.6 Å². The molecule has 11 heavy (non-hydrogen) atoms. The molecular formula is C7H14O3S. The summed E-state index contributed by atoms with van der Waals surface area (Å²) >= 11 is 0. The summed E-state index contributed by atoms with van der Waals surface area (Å²) < 4.78 is 21.7. The normalized spacial score (nSPS) is 15.0. The summed E-state index contributed by atoms with van der Waals surface area (Å²) in [5, 5.41) is -0.859. The Morgan fingerprint density at radius 3 is 1.64 bits per heavy atom. The molecule has 4 heteroatoms. The molecule has 0 radical (unpaired) electrons. The fourth-order valence-corrected chi connectivity index (χ4v) is 1.37. The number of sulfone groups is 1. The summed E-state index contributed by atoms with van der Waals surface area (Å²) in [6, 6.07) is 0. The second-order valence-corrected chi connectivity index (χ2v) is 5.39. The van der Waals surface area contributed by atoms with Crippen LogP contribution < -0.4 is 0 Å². The Hall–Kier alpha value is -0.380. The summed E-state index contributed by atoms with van der Waals surface area (Å²) in [5.41, 5.74) is 0. The van der Waals surface area contributed by atoms with Crippen molar-refractivity contribution in [1.82, 2.24) is 0 Å². The number of hydrogen-bond donors (Lipinski definition) is 0. The molecule has 0 aliphatic heterocycles. The van der Waals surface area contributed by atoms with Gasteiger partial charge in [-0.3, -0.25) is 4.79 Å². The minimum Gasteiger partial charge on any atom is -0.298 e. The van der Waals surface area contributed by atoms with E-state index in [2.05, 4.69) is 0 Å². The molecule has 0 rings (SSSR count). The molecule has 0 N–H and O–H groups in total. The Morgan fingerprint density at radius 2 is 1.55 bits per heavy atom. The molecule has 0 fully saturated rings. The summed E-state index contributed by atoms with van der Waals surface area (Å²) in [7, 11) is -3.20. The molecule has 0 aromatic rings. The van der Waals surface area contributed by atoms with Gasteiger partial charge in [-0.1, -0.05) is 13.8 Å². The number of ketones is 1. The van der Waals surface area contributed by atoms with Gasteiger partial charge >= 0.3 is 0 Å². The van der Waals surface area contributed by atoms with Gasteiger partial charge in [0.2, 0.25) is 0 Å². The van der Waals surface area contributed by atoms with Crippen LogP contribution in [0.4, 0.5) is 0 Å². The number of Topliss-reactive ketones (excluding diaryl/α,β-unsaturated/α-hetero) is 1. The molecule has 0 heterocycles. The highest BCUT2D eigenvalue weighted by molar-refractivity contribution is 7.92. The predicted molar refractivity (Wildman–Crippen MR) is 44.2 cm³/mol. The average Bonchev–Trinajstić information content (AvgIpc) is 1.82. The van der Waals surface area contributed by atoms with Gasteiger partial charge in [-0.25, -0.2) is 8.42 Å². The summed E-state index contributed by atoms with van der Waals surface area (Å²) in [6.07, 6.45) is 1.08. The van der Waals surface area contributed by atoms with Gasteiger partial charge in [0.15, 0.2) is 15.6 Å². The van der Waals surface area contributed by atoms with Gasteiger partial charge in [-0.05, 0) is 6.92 Å².